The Kier molecular flexibility index (Phi) is 3.60. The van der Waals surface area contributed by atoms with Crippen LogP contribution in [0, 0.1) is 0 Å². The zero-order valence-electron chi connectivity index (χ0n) is 11.2. The van der Waals surface area contributed by atoms with E-state index < -0.39 is 0 Å². The first-order valence-corrected chi connectivity index (χ1v) is 5.97. The topological polar surface area (TPSA) is 27.7 Å². The molecule has 2 aromatic rings. The molecule has 3 nitrogen and oxygen atoms in total. The van der Waals surface area contributed by atoms with E-state index in [-0.39, 0.29) is 0 Å². The maximum Gasteiger partial charge on any atom is 0.172 e. The van der Waals surface area contributed by atoms with E-state index in [4.69, 9.17) is 14.2 Å². The summed E-state index contributed by atoms with van der Waals surface area (Å²) in [6.07, 6.45) is 0.968. The normalized spacial score (nSPS) is 10.4. The highest BCUT2D eigenvalue weighted by molar-refractivity contribution is 5.98. The second-order valence-corrected chi connectivity index (χ2v) is 4.00. The summed E-state index contributed by atoms with van der Waals surface area (Å²) in [6.45, 7) is 2.14. The zero-order valence-corrected chi connectivity index (χ0v) is 11.2. The summed E-state index contributed by atoms with van der Waals surface area (Å²) < 4.78 is 16.3. The van der Waals surface area contributed by atoms with Crippen LogP contribution >= 0.6 is 0 Å². The fraction of sp³-hybridized carbons (Fsp3) is 0.333. The molecule has 0 fully saturated rings. The Labute approximate surface area is 107 Å². The molecular weight excluding hydrogens is 228 g/mol. The molecule has 18 heavy (non-hydrogen) atoms. The third-order valence-corrected chi connectivity index (χ3v) is 3.17. The second kappa shape index (κ2) is 5.17. The van der Waals surface area contributed by atoms with Crippen LogP contribution in [-0.2, 0) is 6.42 Å². The van der Waals surface area contributed by atoms with Gasteiger partial charge in [-0.1, -0.05) is 19.1 Å². The third kappa shape index (κ3) is 1.86. The van der Waals surface area contributed by atoms with Gasteiger partial charge in [-0.2, -0.15) is 0 Å². The average Bonchev–Trinajstić information content (AvgIpc) is 2.44. The Morgan fingerprint density at radius 3 is 2.06 bits per heavy atom. The molecule has 0 heterocycles. The van der Waals surface area contributed by atoms with E-state index in [0.29, 0.717) is 0 Å². The van der Waals surface area contributed by atoms with Crippen molar-refractivity contribution in [2.24, 2.45) is 0 Å². The van der Waals surface area contributed by atoms with Crippen molar-refractivity contribution in [2.75, 3.05) is 21.3 Å². The van der Waals surface area contributed by atoms with E-state index in [0.717, 1.165) is 34.4 Å². The largest absolute Gasteiger partial charge is 0.496 e. The molecule has 2 aromatic carbocycles. The van der Waals surface area contributed by atoms with Gasteiger partial charge < -0.3 is 14.2 Å². The molecule has 0 saturated carbocycles. The Balaban J connectivity index is 2.88. The Morgan fingerprint density at radius 1 is 0.833 bits per heavy atom. The van der Waals surface area contributed by atoms with Crippen molar-refractivity contribution in [2.45, 2.75) is 13.3 Å². The van der Waals surface area contributed by atoms with Crippen molar-refractivity contribution in [3.63, 3.8) is 0 Å². The summed E-state index contributed by atoms with van der Waals surface area (Å²) >= 11 is 0. The molecule has 0 amide bonds. The fourth-order valence-electron chi connectivity index (χ4n) is 2.27. The molecule has 0 aliphatic heterocycles. The van der Waals surface area contributed by atoms with Gasteiger partial charge in [0.25, 0.3) is 0 Å². The van der Waals surface area contributed by atoms with Gasteiger partial charge in [-0.15, -0.1) is 0 Å². The summed E-state index contributed by atoms with van der Waals surface area (Å²) in [5, 5.41) is 2.12. The maximum absolute atomic E-state index is 5.49. The molecule has 0 N–H and O–H groups in total. The second-order valence-electron chi connectivity index (χ2n) is 4.00. The number of ether oxygens (including phenoxy) is 3. The predicted octanol–water partition coefficient (Wildman–Crippen LogP) is 3.43. The lowest BCUT2D eigenvalue weighted by atomic mass is 10.0. The summed E-state index contributed by atoms with van der Waals surface area (Å²) in [5.41, 5.74) is 1.27. The van der Waals surface area contributed by atoms with Crippen LogP contribution in [-0.4, -0.2) is 21.3 Å². The molecule has 0 bridgehead atoms. The molecule has 0 saturated heterocycles. The summed E-state index contributed by atoms with van der Waals surface area (Å²) in [6, 6.07) is 8.05. The molecule has 0 aromatic heterocycles. The number of hydrogen-bond donors (Lipinski definition) is 0. The van der Waals surface area contributed by atoms with E-state index in [1.165, 1.54) is 5.56 Å². The van der Waals surface area contributed by atoms with Crippen LogP contribution in [0.3, 0.4) is 0 Å². The van der Waals surface area contributed by atoms with E-state index in [1.54, 1.807) is 21.3 Å². The lowest BCUT2D eigenvalue weighted by Crippen LogP contribution is -1.96. The van der Waals surface area contributed by atoms with Crippen LogP contribution in [0.4, 0.5) is 0 Å². The molecule has 96 valence electrons. The molecular formula is C15H18O3. The molecule has 3 heteroatoms. The highest BCUT2D eigenvalue weighted by Crippen LogP contribution is 2.41. The number of benzene rings is 2. The summed E-state index contributed by atoms with van der Waals surface area (Å²) in [7, 11) is 4.95. The monoisotopic (exact) mass is 246 g/mol. The number of aryl methyl sites for hydroxylation is 1. The van der Waals surface area contributed by atoms with Gasteiger partial charge >= 0.3 is 0 Å². The number of methoxy groups -OCH3 is 3. The van der Waals surface area contributed by atoms with Gasteiger partial charge in [-0.3, -0.25) is 0 Å². The van der Waals surface area contributed by atoms with Gasteiger partial charge in [0.15, 0.2) is 11.5 Å². The molecule has 0 spiro atoms. The zero-order chi connectivity index (χ0) is 13.1. The maximum atomic E-state index is 5.49. The molecule has 2 rings (SSSR count). The van der Waals surface area contributed by atoms with Crippen molar-refractivity contribution in [1.29, 1.82) is 0 Å². The number of fused-ring (bicyclic) bond motifs is 1. The standard InChI is InChI=1S/C15H18O3/c1-5-10-6-8-12(16-2)14-11(10)7-9-13(17-3)15(14)18-4/h6-9H,5H2,1-4H3. The van der Waals surface area contributed by atoms with Crippen molar-refractivity contribution in [3.05, 3.63) is 29.8 Å². The highest BCUT2D eigenvalue weighted by Gasteiger charge is 2.15. The smallest absolute Gasteiger partial charge is 0.172 e. The minimum Gasteiger partial charge on any atom is -0.496 e. The van der Waals surface area contributed by atoms with Gasteiger partial charge in [0.2, 0.25) is 0 Å². The van der Waals surface area contributed by atoms with Gasteiger partial charge in [-0.05, 0) is 29.5 Å². The van der Waals surface area contributed by atoms with E-state index in [1.807, 2.05) is 12.1 Å². The van der Waals surface area contributed by atoms with Gasteiger partial charge in [-0.25, -0.2) is 0 Å². The first kappa shape index (κ1) is 12.6. The Bertz CT molecular complexity index is 561. The van der Waals surface area contributed by atoms with Crippen molar-refractivity contribution in [1.82, 2.24) is 0 Å². The van der Waals surface area contributed by atoms with Crippen LogP contribution in [0.25, 0.3) is 10.8 Å². The van der Waals surface area contributed by atoms with Crippen molar-refractivity contribution in [3.8, 4) is 17.2 Å². The van der Waals surface area contributed by atoms with E-state index in [2.05, 4.69) is 19.1 Å². The van der Waals surface area contributed by atoms with Crippen LogP contribution < -0.4 is 14.2 Å². The number of rotatable bonds is 4. The van der Waals surface area contributed by atoms with E-state index >= 15 is 0 Å². The van der Waals surface area contributed by atoms with Crippen LogP contribution in [0.15, 0.2) is 24.3 Å². The van der Waals surface area contributed by atoms with Crippen molar-refractivity contribution < 1.29 is 14.2 Å². The fourth-order valence-corrected chi connectivity index (χ4v) is 2.27. The molecule has 0 atom stereocenters. The minimum absolute atomic E-state index is 0.719. The van der Waals surface area contributed by atoms with Gasteiger partial charge in [0.1, 0.15) is 5.75 Å². The third-order valence-electron chi connectivity index (χ3n) is 3.17. The van der Waals surface area contributed by atoms with Crippen molar-refractivity contribution >= 4 is 10.8 Å². The van der Waals surface area contributed by atoms with Crippen LogP contribution in [0.1, 0.15) is 12.5 Å². The number of hydrogen-bond acceptors (Lipinski definition) is 3. The Morgan fingerprint density at radius 2 is 1.50 bits per heavy atom. The first-order chi connectivity index (χ1) is 8.76. The lowest BCUT2D eigenvalue weighted by Gasteiger charge is -2.15. The molecule has 0 unspecified atom stereocenters. The van der Waals surface area contributed by atoms with Crippen LogP contribution in [0.5, 0.6) is 17.2 Å². The van der Waals surface area contributed by atoms with E-state index in [9.17, 15) is 0 Å². The highest BCUT2D eigenvalue weighted by atomic mass is 16.5. The van der Waals surface area contributed by atoms with Crippen LogP contribution in [0.2, 0.25) is 0 Å². The first-order valence-electron chi connectivity index (χ1n) is 5.97. The van der Waals surface area contributed by atoms with Gasteiger partial charge in [0, 0.05) is 0 Å². The minimum atomic E-state index is 0.719. The lowest BCUT2D eigenvalue weighted by molar-refractivity contribution is 0.356. The average molecular weight is 246 g/mol. The molecule has 0 aliphatic rings. The molecule has 0 radical (unpaired) electrons. The summed E-state index contributed by atoms with van der Waals surface area (Å²) in [5.74, 6) is 2.25. The summed E-state index contributed by atoms with van der Waals surface area (Å²) in [4.78, 5) is 0. The van der Waals surface area contributed by atoms with Gasteiger partial charge in [0.05, 0.1) is 26.7 Å². The Hall–Kier alpha value is -1.90. The SMILES string of the molecule is CCc1ccc(OC)c2c(OC)c(OC)ccc12. The predicted molar refractivity (Wildman–Crippen MR) is 73.0 cm³/mol. The quantitative estimate of drug-likeness (QED) is 0.827. The molecule has 0 aliphatic carbocycles.